The Morgan fingerprint density at radius 3 is 2.51 bits per heavy atom. The first-order valence-corrected chi connectivity index (χ1v) is 17.1. The first-order valence-electron chi connectivity index (χ1n) is 15.6. The monoisotopic (exact) mass is 680 g/mol. The molecule has 4 bridgehead atoms. The molecule has 0 amide bonds. The van der Waals surface area contributed by atoms with Crippen molar-refractivity contribution in [2.45, 2.75) is 38.6 Å². The number of benzene rings is 5. The summed E-state index contributed by atoms with van der Waals surface area (Å²) < 4.78 is 45.9. The van der Waals surface area contributed by atoms with Crippen LogP contribution in [0.5, 0.6) is 11.5 Å². The number of aliphatic hydroxyl groups is 1. The van der Waals surface area contributed by atoms with Crippen LogP contribution in [0.4, 0.5) is 5.69 Å². The fourth-order valence-corrected chi connectivity index (χ4v) is 6.57. The molecule has 3 N–H and O–H groups in total. The Bertz CT molecular complexity index is 2000. The first kappa shape index (κ1) is 35.2. The molecule has 0 fully saturated rings. The first-order chi connectivity index (χ1) is 23.2. The van der Waals surface area contributed by atoms with Gasteiger partial charge in [0, 0.05) is 24.7 Å². The number of fused-ring (bicyclic) bond motifs is 4. The van der Waals surface area contributed by atoms with Gasteiger partial charge >= 0.3 is 5.97 Å². The summed E-state index contributed by atoms with van der Waals surface area (Å²) in [7, 11) is -3.85. The molecule has 0 saturated carbocycles. The maximum absolute atomic E-state index is 13.0. The quantitative estimate of drug-likeness (QED) is 0.100. The summed E-state index contributed by atoms with van der Waals surface area (Å²) in [4.78, 5) is 12.7. The summed E-state index contributed by atoms with van der Waals surface area (Å²) in [6.07, 6.45) is -0.981. The Kier molecular flexibility index (Phi) is 11.4. The zero-order valence-corrected chi connectivity index (χ0v) is 27.2. The van der Waals surface area contributed by atoms with E-state index in [4.69, 9.17) is 14.2 Å². The van der Waals surface area contributed by atoms with Gasteiger partial charge in [0.2, 0.25) is 0 Å². The number of aryl methyl sites for hydroxylation is 1. The highest BCUT2D eigenvalue weighted by Crippen LogP contribution is 2.31. The summed E-state index contributed by atoms with van der Waals surface area (Å²) >= 11 is 0. The molecule has 1 atom stereocenters. The van der Waals surface area contributed by atoms with Crippen molar-refractivity contribution in [3.8, 4) is 22.6 Å². The third-order valence-corrected chi connectivity index (χ3v) is 9.33. The molecule has 0 spiro atoms. The second kappa shape index (κ2) is 15.8. The molecule has 9 nitrogen and oxygen atoms in total. The van der Waals surface area contributed by atoms with Crippen molar-refractivity contribution in [2.75, 3.05) is 24.4 Å². The van der Waals surface area contributed by atoms with Crippen LogP contribution in [-0.4, -0.2) is 39.2 Å². The number of anilines is 1. The number of ether oxygens (including phenoxy) is 3. The van der Waals surface area contributed by atoms with E-state index >= 15 is 0 Å². The molecule has 254 valence electrons. The molecule has 6 rings (SSSR count). The van der Waals surface area contributed by atoms with Gasteiger partial charge in [-0.1, -0.05) is 74.2 Å². The van der Waals surface area contributed by atoms with Crippen LogP contribution in [0.25, 0.3) is 11.1 Å². The predicted octanol–water partition coefficient (Wildman–Crippen LogP) is 7.05. The third-order valence-electron chi connectivity index (χ3n) is 7.97. The van der Waals surface area contributed by atoms with E-state index in [2.05, 4.69) is 10.0 Å². The zero-order valence-electron chi connectivity index (χ0n) is 26.4. The van der Waals surface area contributed by atoms with Crippen molar-refractivity contribution in [1.82, 2.24) is 5.32 Å². The molecule has 5 aromatic rings. The van der Waals surface area contributed by atoms with Gasteiger partial charge in [0.15, 0.2) is 0 Å². The molecule has 0 saturated heterocycles. The molecule has 1 unspecified atom stereocenters. The number of aliphatic hydroxyl groups excluding tert-OH is 1. The minimum Gasteiger partial charge on any atom is -0.492 e. The summed E-state index contributed by atoms with van der Waals surface area (Å²) in [6.45, 7) is 3.41. The lowest BCUT2D eigenvalue weighted by molar-refractivity contribution is 0.0472. The Morgan fingerprint density at radius 1 is 0.939 bits per heavy atom. The number of rotatable bonds is 11. The SMILES string of the molecule is C.Cc1cc(C(=O)OCc2ccccc2)ccc1-c1ccc(OCCNCC(O)c2ccc3cc2NS(=O)(=O)c2cccc(c2)CO3)cc1. The Hall–Kier alpha value is -5.16. The van der Waals surface area contributed by atoms with Crippen molar-refractivity contribution in [3.63, 3.8) is 0 Å². The van der Waals surface area contributed by atoms with Crippen molar-refractivity contribution in [3.05, 3.63) is 143 Å². The van der Waals surface area contributed by atoms with Crippen LogP contribution in [-0.2, 0) is 28.0 Å². The number of esters is 1. The van der Waals surface area contributed by atoms with Gasteiger partial charge in [-0.25, -0.2) is 13.2 Å². The maximum atomic E-state index is 13.0. The van der Waals surface area contributed by atoms with Gasteiger partial charge < -0.3 is 24.6 Å². The average Bonchev–Trinajstić information content (AvgIpc) is 3.10. The van der Waals surface area contributed by atoms with Crippen molar-refractivity contribution >= 4 is 21.7 Å². The maximum Gasteiger partial charge on any atom is 0.338 e. The fourth-order valence-electron chi connectivity index (χ4n) is 5.42. The van der Waals surface area contributed by atoms with E-state index in [0.717, 1.165) is 27.8 Å². The van der Waals surface area contributed by atoms with E-state index in [1.165, 1.54) is 6.07 Å². The van der Waals surface area contributed by atoms with E-state index in [9.17, 15) is 18.3 Å². The lowest BCUT2D eigenvalue weighted by Crippen LogP contribution is -2.27. The van der Waals surface area contributed by atoms with E-state index in [1.54, 1.807) is 42.5 Å². The number of hydrogen-bond acceptors (Lipinski definition) is 8. The summed E-state index contributed by atoms with van der Waals surface area (Å²) in [5.41, 5.74) is 5.83. The molecule has 5 aromatic carbocycles. The zero-order chi connectivity index (χ0) is 33.5. The van der Waals surface area contributed by atoms with Gasteiger partial charge in [0.05, 0.1) is 22.3 Å². The van der Waals surface area contributed by atoms with Crippen molar-refractivity contribution in [1.29, 1.82) is 0 Å². The molecule has 1 heterocycles. The summed E-state index contributed by atoms with van der Waals surface area (Å²) in [6, 6.07) is 34.4. The highest BCUT2D eigenvalue weighted by atomic mass is 32.2. The van der Waals surface area contributed by atoms with E-state index in [1.807, 2.05) is 73.7 Å². The van der Waals surface area contributed by atoms with Crippen molar-refractivity contribution < 1.29 is 32.5 Å². The fraction of sp³-hybridized carbons (Fsp3) is 0.205. The van der Waals surface area contributed by atoms with Gasteiger partial charge in [-0.3, -0.25) is 4.72 Å². The molecular weight excluding hydrogens is 641 g/mol. The topological polar surface area (TPSA) is 123 Å². The van der Waals surface area contributed by atoms with Gasteiger partial charge in [0.25, 0.3) is 10.0 Å². The van der Waals surface area contributed by atoms with Gasteiger partial charge in [-0.05, 0) is 77.2 Å². The molecule has 0 aliphatic carbocycles. The van der Waals surface area contributed by atoms with Crippen LogP contribution < -0.4 is 19.5 Å². The average molecular weight is 681 g/mol. The van der Waals surface area contributed by atoms with E-state index in [0.29, 0.717) is 35.8 Å². The normalized spacial score (nSPS) is 13.5. The number of carbonyl (C=O) groups is 1. The Morgan fingerprint density at radius 2 is 1.73 bits per heavy atom. The van der Waals surface area contributed by atoms with E-state index in [-0.39, 0.29) is 43.7 Å². The molecule has 1 aliphatic rings. The smallest absolute Gasteiger partial charge is 0.338 e. The standard InChI is InChI=1S/C38H36N2O7S.CH4/c1-26-20-30(38(42)47-24-27-6-3-2-4-7-27)12-16-34(26)29-10-13-31(14-11-29)45-19-18-39-23-37(41)35-17-15-32-22-36(35)40-48(43,44)33-9-5-8-28(21-33)25-46-32;/h2-17,20-22,37,39-41H,18-19,23-25H2,1H3;1H4. The van der Waals surface area contributed by atoms with Crippen LogP contribution in [0.15, 0.2) is 120 Å². The summed E-state index contributed by atoms with van der Waals surface area (Å²) in [5, 5.41) is 14.1. The van der Waals surface area contributed by atoms with Gasteiger partial charge in [-0.2, -0.15) is 0 Å². The van der Waals surface area contributed by atoms with Gasteiger partial charge in [0.1, 0.15) is 31.3 Å². The second-order valence-corrected chi connectivity index (χ2v) is 13.2. The van der Waals surface area contributed by atoms with E-state index < -0.39 is 16.1 Å². The van der Waals surface area contributed by atoms with Crippen molar-refractivity contribution in [2.24, 2.45) is 0 Å². The molecule has 10 heteroatoms. The Balaban J connectivity index is 0.00000468. The number of sulfonamides is 1. The highest BCUT2D eigenvalue weighted by molar-refractivity contribution is 7.92. The Labute approximate surface area is 287 Å². The van der Waals surface area contributed by atoms with Crippen LogP contribution in [0.3, 0.4) is 0 Å². The molecule has 1 aliphatic heterocycles. The minimum atomic E-state index is -3.85. The van der Waals surface area contributed by atoms with Gasteiger partial charge in [-0.15, -0.1) is 0 Å². The lowest BCUT2D eigenvalue weighted by atomic mass is 9.98. The minimum absolute atomic E-state index is 0. The number of carbonyl (C=O) groups excluding carboxylic acids is 1. The van der Waals surface area contributed by atoms with Crippen LogP contribution in [0, 0.1) is 6.92 Å². The third kappa shape index (κ3) is 8.85. The largest absolute Gasteiger partial charge is 0.492 e. The lowest BCUT2D eigenvalue weighted by Gasteiger charge is -2.20. The van der Waals surface area contributed by atoms with Crippen LogP contribution in [0.1, 0.15) is 46.1 Å². The number of hydrogen-bond donors (Lipinski definition) is 3. The predicted molar refractivity (Wildman–Crippen MR) is 190 cm³/mol. The van der Waals surface area contributed by atoms with Crippen LogP contribution in [0.2, 0.25) is 0 Å². The molecule has 0 aromatic heterocycles. The number of nitrogens with one attached hydrogen (secondary N) is 2. The molecule has 0 radical (unpaired) electrons. The molecular formula is C39H40N2O7S. The second-order valence-electron chi connectivity index (χ2n) is 11.5. The highest BCUT2D eigenvalue weighted by Gasteiger charge is 2.21. The molecule has 49 heavy (non-hydrogen) atoms. The van der Waals surface area contributed by atoms with Crippen LogP contribution >= 0.6 is 0 Å². The summed E-state index contributed by atoms with van der Waals surface area (Å²) in [5.74, 6) is 0.824.